The van der Waals surface area contributed by atoms with Crippen molar-refractivity contribution in [3.8, 4) is 5.75 Å². The van der Waals surface area contributed by atoms with Crippen molar-refractivity contribution in [1.29, 1.82) is 0 Å². The van der Waals surface area contributed by atoms with Gasteiger partial charge in [-0.05, 0) is 42.0 Å². The minimum absolute atomic E-state index is 0.353. The van der Waals surface area contributed by atoms with Crippen LogP contribution in [0.25, 0.3) is 0 Å². The van der Waals surface area contributed by atoms with Crippen molar-refractivity contribution in [2.45, 2.75) is 12.6 Å². The number of piperazine rings is 1. The fraction of sp³-hybridized carbons (Fsp3) is 0.261. The number of nitrogens with zero attached hydrogens (tertiary/aromatic N) is 4. The number of rotatable bonds is 4. The Hall–Kier alpha value is -3.69. The van der Waals surface area contributed by atoms with E-state index in [9.17, 15) is 22.4 Å². The summed E-state index contributed by atoms with van der Waals surface area (Å²) in [7, 11) is 0. The van der Waals surface area contributed by atoms with Crippen molar-refractivity contribution in [3.05, 3.63) is 83.6 Å². The van der Waals surface area contributed by atoms with E-state index in [0.29, 0.717) is 49.9 Å². The molecule has 0 spiro atoms. The Morgan fingerprint density at radius 2 is 1.64 bits per heavy atom. The summed E-state index contributed by atoms with van der Waals surface area (Å²) in [4.78, 5) is 23.9. The molecule has 33 heavy (non-hydrogen) atoms. The Bertz CT molecular complexity index is 1080. The third kappa shape index (κ3) is 5.76. The predicted octanol–water partition coefficient (Wildman–Crippen LogP) is 4.55. The molecule has 6 nitrogen and oxygen atoms in total. The van der Waals surface area contributed by atoms with Crippen molar-refractivity contribution >= 4 is 11.9 Å². The van der Waals surface area contributed by atoms with Gasteiger partial charge in [-0.25, -0.2) is 14.2 Å². The Balaban J connectivity index is 1.28. The lowest BCUT2D eigenvalue weighted by Crippen LogP contribution is -2.49. The quantitative estimate of drug-likeness (QED) is 0.535. The summed E-state index contributed by atoms with van der Waals surface area (Å²) in [5.41, 5.74) is 0.534. The first-order chi connectivity index (χ1) is 15.8. The van der Waals surface area contributed by atoms with Gasteiger partial charge in [0.2, 0.25) is 0 Å². The number of benzene rings is 1. The first-order valence-corrected chi connectivity index (χ1v) is 10.2. The number of amides is 1. The molecule has 3 heterocycles. The van der Waals surface area contributed by atoms with E-state index < -0.39 is 23.7 Å². The molecule has 1 aromatic carbocycles. The van der Waals surface area contributed by atoms with Gasteiger partial charge < -0.3 is 14.5 Å². The topological polar surface area (TPSA) is 58.6 Å². The van der Waals surface area contributed by atoms with Crippen molar-refractivity contribution in [1.82, 2.24) is 14.9 Å². The second-order valence-corrected chi connectivity index (χ2v) is 7.53. The van der Waals surface area contributed by atoms with Gasteiger partial charge in [-0.1, -0.05) is 12.1 Å². The maximum Gasteiger partial charge on any atom is 0.417 e. The number of alkyl halides is 3. The van der Waals surface area contributed by atoms with E-state index in [1.807, 2.05) is 4.90 Å². The molecule has 0 radical (unpaired) electrons. The summed E-state index contributed by atoms with van der Waals surface area (Å²) in [5.74, 6) is 0.622. The normalized spacial score (nSPS) is 14.3. The van der Waals surface area contributed by atoms with E-state index in [-0.39, 0.29) is 0 Å². The average molecular weight is 460 g/mol. The average Bonchev–Trinajstić information content (AvgIpc) is 2.81. The van der Waals surface area contributed by atoms with E-state index in [4.69, 9.17) is 4.74 Å². The molecule has 1 aliphatic heterocycles. The van der Waals surface area contributed by atoms with Crippen LogP contribution in [0.3, 0.4) is 0 Å². The van der Waals surface area contributed by atoms with Gasteiger partial charge >= 0.3 is 12.3 Å². The highest BCUT2D eigenvalue weighted by Crippen LogP contribution is 2.28. The first kappa shape index (κ1) is 22.5. The molecule has 1 aliphatic rings. The summed E-state index contributed by atoms with van der Waals surface area (Å²) in [6.45, 7) is 1.98. The molecule has 10 heteroatoms. The Morgan fingerprint density at radius 1 is 0.909 bits per heavy atom. The molecule has 1 amide bonds. The highest BCUT2D eigenvalue weighted by atomic mass is 19.4. The lowest BCUT2D eigenvalue weighted by Gasteiger charge is -2.34. The van der Waals surface area contributed by atoms with Crippen molar-refractivity contribution in [3.63, 3.8) is 0 Å². The number of ether oxygens (including phenoxy) is 1. The lowest BCUT2D eigenvalue weighted by molar-refractivity contribution is -0.137. The third-order valence-corrected chi connectivity index (χ3v) is 5.24. The number of anilines is 1. The number of carbonyl (C=O) groups is 1. The number of aromatic nitrogens is 2. The molecule has 3 aromatic rings. The molecule has 172 valence electrons. The second-order valence-electron chi connectivity index (χ2n) is 7.53. The van der Waals surface area contributed by atoms with Crippen LogP contribution in [-0.2, 0) is 12.6 Å². The minimum atomic E-state index is -4.42. The van der Waals surface area contributed by atoms with Crippen LogP contribution in [0.4, 0.5) is 28.2 Å². The summed E-state index contributed by atoms with van der Waals surface area (Å²) in [5, 5.41) is 0. The molecule has 4 rings (SSSR count). The highest BCUT2D eigenvalue weighted by Gasteiger charge is 2.30. The Kier molecular flexibility index (Phi) is 6.43. The standard InChI is InChI=1S/C23H20F4N4O2/c24-18-4-8-21(29-15-18)30-9-11-31(12-10-30)22(32)33-20-6-1-16(2-7-20)13-19-5-3-17(14-28-19)23(25,26)27/h1-8,14-15H,9-13H2. The van der Waals surface area contributed by atoms with Crippen LogP contribution < -0.4 is 9.64 Å². The van der Waals surface area contributed by atoms with E-state index in [1.54, 1.807) is 35.2 Å². The van der Waals surface area contributed by atoms with Gasteiger partial charge in [-0.15, -0.1) is 0 Å². The van der Waals surface area contributed by atoms with Gasteiger partial charge in [0.05, 0.1) is 11.8 Å². The summed E-state index contributed by atoms with van der Waals surface area (Å²) < 4.78 is 56.4. The van der Waals surface area contributed by atoms with Gasteiger partial charge in [-0.3, -0.25) is 4.98 Å². The van der Waals surface area contributed by atoms with Crippen molar-refractivity contribution in [2.75, 3.05) is 31.1 Å². The molecule has 0 atom stereocenters. The van der Waals surface area contributed by atoms with E-state index in [2.05, 4.69) is 9.97 Å². The van der Waals surface area contributed by atoms with Gasteiger partial charge in [0.25, 0.3) is 0 Å². The summed E-state index contributed by atoms with van der Waals surface area (Å²) in [6, 6.07) is 12.0. The van der Waals surface area contributed by atoms with Gasteiger partial charge in [0, 0.05) is 44.5 Å². The zero-order chi connectivity index (χ0) is 23.4. The number of hydrogen-bond donors (Lipinski definition) is 0. The van der Waals surface area contributed by atoms with Crippen molar-refractivity contribution < 1.29 is 27.1 Å². The first-order valence-electron chi connectivity index (χ1n) is 10.2. The summed E-state index contributed by atoms with van der Waals surface area (Å²) in [6.07, 6.45) is -2.56. The minimum Gasteiger partial charge on any atom is -0.410 e. The fourth-order valence-electron chi connectivity index (χ4n) is 3.42. The zero-order valence-corrected chi connectivity index (χ0v) is 17.4. The molecule has 0 unspecified atom stereocenters. The maximum atomic E-state index is 13.0. The smallest absolute Gasteiger partial charge is 0.410 e. The largest absolute Gasteiger partial charge is 0.417 e. The van der Waals surface area contributed by atoms with Crippen molar-refractivity contribution in [2.24, 2.45) is 0 Å². The molecular formula is C23H20F4N4O2. The number of pyridine rings is 2. The SMILES string of the molecule is O=C(Oc1ccc(Cc2ccc(C(F)(F)F)cn2)cc1)N1CCN(c2ccc(F)cn2)CC1. The molecule has 0 N–H and O–H groups in total. The number of carbonyl (C=O) groups excluding carboxylic acids is 1. The van der Waals surface area contributed by atoms with E-state index in [1.165, 1.54) is 12.1 Å². The monoisotopic (exact) mass is 460 g/mol. The highest BCUT2D eigenvalue weighted by molar-refractivity contribution is 5.71. The van der Waals surface area contributed by atoms with Crippen LogP contribution >= 0.6 is 0 Å². The predicted molar refractivity (Wildman–Crippen MR) is 112 cm³/mol. The van der Waals surface area contributed by atoms with Gasteiger partial charge in [0.1, 0.15) is 17.4 Å². The molecule has 0 saturated carbocycles. The van der Waals surface area contributed by atoms with Crippen LogP contribution in [0.5, 0.6) is 5.75 Å². The molecule has 1 fully saturated rings. The maximum absolute atomic E-state index is 13.0. The van der Waals surface area contributed by atoms with Gasteiger partial charge in [0.15, 0.2) is 0 Å². The Labute approximate surface area is 187 Å². The van der Waals surface area contributed by atoms with Crippen LogP contribution in [0.2, 0.25) is 0 Å². The van der Waals surface area contributed by atoms with E-state index >= 15 is 0 Å². The molecule has 0 bridgehead atoms. The fourth-order valence-corrected chi connectivity index (χ4v) is 3.42. The van der Waals surface area contributed by atoms with Crippen LogP contribution in [0, 0.1) is 5.82 Å². The Morgan fingerprint density at radius 3 is 2.21 bits per heavy atom. The molecular weight excluding hydrogens is 440 g/mol. The molecule has 2 aromatic heterocycles. The van der Waals surface area contributed by atoms with Crippen LogP contribution in [0.15, 0.2) is 60.9 Å². The lowest BCUT2D eigenvalue weighted by atomic mass is 10.1. The molecule has 1 saturated heterocycles. The third-order valence-electron chi connectivity index (χ3n) is 5.24. The van der Waals surface area contributed by atoms with Crippen LogP contribution in [0.1, 0.15) is 16.8 Å². The van der Waals surface area contributed by atoms with Gasteiger partial charge in [-0.2, -0.15) is 13.2 Å². The second kappa shape index (κ2) is 9.43. The zero-order valence-electron chi connectivity index (χ0n) is 17.4. The van der Waals surface area contributed by atoms with Crippen LogP contribution in [-0.4, -0.2) is 47.1 Å². The number of hydrogen-bond acceptors (Lipinski definition) is 5. The molecule has 0 aliphatic carbocycles. The number of halogens is 4. The summed E-state index contributed by atoms with van der Waals surface area (Å²) >= 11 is 0. The van der Waals surface area contributed by atoms with E-state index in [0.717, 1.165) is 24.0 Å².